The van der Waals surface area contributed by atoms with Gasteiger partial charge >= 0.3 is 39.5 Å². The van der Waals surface area contributed by atoms with Crippen molar-refractivity contribution in [2.75, 3.05) is 39.6 Å². The zero-order chi connectivity index (χ0) is 64.9. The Kier molecular flexibility index (Phi) is 61.1. The number of phosphoric acid groups is 2. The van der Waals surface area contributed by atoms with Gasteiger partial charge in [0.2, 0.25) is 0 Å². The summed E-state index contributed by atoms with van der Waals surface area (Å²) in [5, 5.41) is 10.5. The molecule has 0 heterocycles. The molecule has 0 aliphatic rings. The number of aliphatic hydroxyl groups is 1. The van der Waals surface area contributed by atoms with Gasteiger partial charge in [-0.15, -0.1) is 0 Å². The van der Waals surface area contributed by atoms with Crippen LogP contribution in [0.3, 0.4) is 0 Å². The van der Waals surface area contributed by atoms with Crippen LogP contribution in [-0.2, 0) is 65.4 Å². The first-order chi connectivity index (χ1) is 42.5. The predicted octanol–water partition coefficient (Wildman–Crippen LogP) is 19.7. The number of hydrogen-bond donors (Lipinski definition) is 3. The molecular weight excluding hydrogens is 1160 g/mol. The number of rotatable bonds is 69. The van der Waals surface area contributed by atoms with E-state index in [4.69, 9.17) is 37.0 Å². The van der Waals surface area contributed by atoms with Crippen LogP contribution in [0.25, 0.3) is 0 Å². The molecule has 0 aliphatic carbocycles. The second-order valence-electron chi connectivity index (χ2n) is 25.4. The largest absolute Gasteiger partial charge is 0.472 e. The first-order valence-electron chi connectivity index (χ1n) is 36.1. The van der Waals surface area contributed by atoms with E-state index in [0.717, 1.165) is 102 Å². The summed E-state index contributed by atoms with van der Waals surface area (Å²) in [4.78, 5) is 72.2. The molecule has 0 radical (unpaired) electrons. The van der Waals surface area contributed by atoms with Crippen LogP contribution in [0.15, 0.2) is 0 Å². The molecule has 0 aromatic heterocycles. The normalized spacial score (nSPS) is 14.1. The van der Waals surface area contributed by atoms with E-state index >= 15 is 0 Å². The average Bonchev–Trinajstić information content (AvgIpc) is 3.49. The molecule has 0 saturated carbocycles. The van der Waals surface area contributed by atoms with E-state index in [1.165, 1.54) is 173 Å². The molecule has 2 unspecified atom stereocenters. The van der Waals surface area contributed by atoms with Gasteiger partial charge < -0.3 is 33.8 Å². The van der Waals surface area contributed by atoms with Crippen LogP contribution in [0, 0.1) is 5.92 Å². The zero-order valence-electron chi connectivity index (χ0n) is 56.9. The van der Waals surface area contributed by atoms with Crippen LogP contribution in [0.5, 0.6) is 0 Å². The Morgan fingerprint density at radius 3 is 0.773 bits per heavy atom. The molecule has 5 atom stereocenters. The van der Waals surface area contributed by atoms with Crippen molar-refractivity contribution in [1.29, 1.82) is 0 Å². The van der Waals surface area contributed by atoms with Gasteiger partial charge in [-0.3, -0.25) is 37.3 Å². The van der Waals surface area contributed by atoms with E-state index in [1.807, 2.05) is 0 Å². The van der Waals surface area contributed by atoms with Crippen molar-refractivity contribution in [2.24, 2.45) is 5.92 Å². The zero-order valence-corrected chi connectivity index (χ0v) is 58.6. The van der Waals surface area contributed by atoms with E-state index in [-0.39, 0.29) is 25.7 Å². The lowest BCUT2D eigenvalue weighted by atomic mass is 10.0. The summed E-state index contributed by atoms with van der Waals surface area (Å²) in [6.07, 6.45) is 49.0. The highest BCUT2D eigenvalue weighted by molar-refractivity contribution is 7.47. The molecule has 3 N–H and O–H groups in total. The molecule has 0 aromatic carbocycles. The number of esters is 4. The predicted molar refractivity (Wildman–Crippen MR) is 354 cm³/mol. The van der Waals surface area contributed by atoms with Gasteiger partial charge in [0.15, 0.2) is 12.2 Å². The fourth-order valence-corrected chi connectivity index (χ4v) is 12.0. The van der Waals surface area contributed by atoms with Crippen molar-refractivity contribution in [1.82, 2.24) is 0 Å². The van der Waals surface area contributed by atoms with Crippen molar-refractivity contribution in [3.05, 3.63) is 0 Å². The lowest BCUT2D eigenvalue weighted by Gasteiger charge is -2.21. The molecule has 88 heavy (non-hydrogen) atoms. The molecule has 0 amide bonds. The molecule has 0 rings (SSSR count). The van der Waals surface area contributed by atoms with Crippen LogP contribution in [0.4, 0.5) is 0 Å². The van der Waals surface area contributed by atoms with E-state index in [0.29, 0.717) is 25.7 Å². The molecule has 0 saturated heterocycles. The molecular formula is C69H134O17P2. The van der Waals surface area contributed by atoms with Gasteiger partial charge in [0, 0.05) is 25.7 Å². The van der Waals surface area contributed by atoms with Gasteiger partial charge in [-0.25, -0.2) is 9.13 Å². The summed E-state index contributed by atoms with van der Waals surface area (Å²) >= 11 is 0. The SMILES string of the molecule is CCCCCCCCCCCCCCCCCCCC(=O)O[C@H](COC(=O)CCCCCCCCCCCCCCCCC)COP(=O)(O)OC[C@@H](O)COP(=O)(O)OC[C@@H](COC(=O)CCCCCCC)OC(=O)CCCCCCCCCCC(C)C. The molecule has 522 valence electrons. The molecule has 0 aromatic rings. The lowest BCUT2D eigenvalue weighted by Crippen LogP contribution is -2.30. The monoisotopic (exact) mass is 1300 g/mol. The summed E-state index contributed by atoms with van der Waals surface area (Å²) in [5.74, 6) is -1.42. The number of carbonyl (C=O) groups is 4. The summed E-state index contributed by atoms with van der Waals surface area (Å²) in [5.41, 5.74) is 0. The minimum absolute atomic E-state index is 0.104. The minimum Gasteiger partial charge on any atom is -0.462 e. The Morgan fingerprint density at radius 2 is 0.523 bits per heavy atom. The maximum Gasteiger partial charge on any atom is 0.472 e. The van der Waals surface area contributed by atoms with Crippen LogP contribution in [0.1, 0.15) is 356 Å². The second-order valence-corrected chi connectivity index (χ2v) is 28.3. The van der Waals surface area contributed by atoms with Crippen molar-refractivity contribution < 1.29 is 80.2 Å². The Balaban J connectivity index is 5.16. The number of aliphatic hydroxyl groups excluding tert-OH is 1. The summed E-state index contributed by atoms with van der Waals surface area (Å²) in [6.45, 7) is 7.11. The number of unbranched alkanes of at least 4 members (excludes halogenated alkanes) is 41. The van der Waals surface area contributed by atoms with Gasteiger partial charge in [-0.05, 0) is 31.6 Å². The Bertz CT molecular complexity index is 1700. The van der Waals surface area contributed by atoms with Crippen LogP contribution >= 0.6 is 15.6 Å². The van der Waals surface area contributed by atoms with E-state index < -0.39 is 97.5 Å². The summed E-state index contributed by atoms with van der Waals surface area (Å²) in [6, 6.07) is 0. The van der Waals surface area contributed by atoms with Crippen molar-refractivity contribution in [3.63, 3.8) is 0 Å². The highest BCUT2D eigenvalue weighted by Crippen LogP contribution is 2.45. The summed E-state index contributed by atoms with van der Waals surface area (Å²) in [7, 11) is -9.89. The average molecular weight is 1300 g/mol. The van der Waals surface area contributed by atoms with E-state index in [2.05, 4.69) is 34.6 Å². The van der Waals surface area contributed by atoms with Crippen LogP contribution < -0.4 is 0 Å². The molecule has 0 aliphatic heterocycles. The highest BCUT2D eigenvalue weighted by Gasteiger charge is 2.30. The Morgan fingerprint density at radius 1 is 0.307 bits per heavy atom. The topological polar surface area (TPSA) is 237 Å². The van der Waals surface area contributed by atoms with Gasteiger partial charge in [-0.1, -0.05) is 304 Å². The van der Waals surface area contributed by atoms with Crippen molar-refractivity contribution in [2.45, 2.75) is 374 Å². The quantitative estimate of drug-likeness (QED) is 0.0222. The van der Waals surface area contributed by atoms with Crippen LogP contribution in [0.2, 0.25) is 0 Å². The third-order valence-electron chi connectivity index (χ3n) is 16.0. The Hall–Kier alpha value is -1.94. The van der Waals surface area contributed by atoms with Gasteiger partial charge in [0.25, 0.3) is 0 Å². The van der Waals surface area contributed by atoms with Crippen molar-refractivity contribution >= 4 is 39.5 Å². The standard InChI is InChI=1S/C69H134O17P2/c1-6-9-12-15-17-19-21-23-25-26-28-30-32-34-39-44-49-54-68(73)86-65(59-80-67(72)53-48-43-38-33-31-29-27-24-22-20-18-16-13-10-7-2)61-84-88(77,78)82-57-63(70)56-81-87(75,76)83-60-64(58-79-66(71)52-47-41-14-11-8-3)85-69(74)55-50-45-40-36-35-37-42-46-51-62(4)5/h62-65,70H,6-61H2,1-5H3,(H,75,76)(H,77,78)/t63-,64+,65+/m0/s1. The summed E-state index contributed by atoms with van der Waals surface area (Å²) < 4.78 is 68.0. The van der Waals surface area contributed by atoms with Crippen LogP contribution in [-0.4, -0.2) is 96.7 Å². The minimum atomic E-state index is -4.95. The fraction of sp³-hybridized carbons (Fsp3) is 0.942. The fourth-order valence-electron chi connectivity index (χ4n) is 10.5. The first kappa shape index (κ1) is 86.1. The Labute approximate surface area is 537 Å². The number of carbonyl (C=O) groups excluding carboxylic acids is 4. The maximum atomic E-state index is 13.0. The van der Waals surface area contributed by atoms with E-state index in [1.54, 1.807) is 0 Å². The van der Waals surface area contributed by atoms with E-state index in [9.17, 15) is 43.2 Å². The van der Waals surface area contributed by atoms with Gasteiger partial charge in [-0.2, -0.15) is 0 Å². The third-order valence-corrected chi connectivity index (χ3v) is 17.9. The maximum absolute atomic E-state index is 13.0. The lowest BCUT2D eigenvalue weighted by molar-refractivity contribution is -0.161. The van der Waals surface area contributed by atoms with Gasteiger partial charge in [0.1, 0.15) is 19.3 Å². The molecule has 0 fully saturated rings. The smallest absolute Gasteiger partial charge is 0.462 e. The molecule has 0 spiro atoms. The molecule has 17 nitrogen and oxygen atoms in total. The van der Waals surface area contributed by atoms with Gasteiger partial charge in [0.05, 0.1) is 26.4 Å². The molecule has 19 heteroatoms. The van der Waals surface area contributed by atoms with Crippen molar-refractivity contribution in [3.8, 4) is 0 Å². The number of hydrogen-bond acceptors (Lipinski definition) is 15. The first-order valence-corrected chi connectivity index (χ1v) is 39.1. The molecule has 0 bridgehead atoms. The number of phosphoric ester groups is 2. The number of ether oxygens (including phenoxy) is 4. The third kappa shape index (κ3) is 62.8. The second kappa shape index (κ2) is 62.5. The highest BCUT2D eigenvalue weighted by atomic mass is 31.2.